The molecule has 2 rings (SSSR count). The zero-order chi connectivity index (χ0) is 8.55. The summed E-state index contributed by atoms with van der Waals surface area (Å²) in [5.41, 5.74) is 0.261. The van der Waals surface area contributed by atoms with Gasteiger partial charge in [-0.15, -0.1) is 0 Å². The molecule has 1 aliphatic rings. The minimum Gasteiger partial charge on any atom is -0.477 e. The van der Waals surface area contributed by atoms with Crippen molar-refractivity contribution in [3.63, 3.8) is 0 Å². The number of hydrogen-bond acceptors (Lipinski definition) is 3. The fourth-order valence-electron chi connectivity index (χ4n) is 1.35. The van der Waals surface area contributed by atoms with Gasteiger partial charge in [-0.25, -0.2) is 9.78 Å². The van der Waals surface area contributed by atoms with Gasteiger partial charge in [-0.05, 0) is 6.42 Å². The van der Waals surface area contributed by atoms with Gasteiger partial charge in [0.25, 0.3) is 0 Å². The standard InChI is InChI=1S/C7H9N3O2/c11-6(12)5-4-9-7-8-2-1-3-10(5)7/h4H,1-3H2,(H,8,9)(H,11,12). The lowest BCUT2D eigenvalue weighted by atomic mass is 10.3. The predicted octanol–water partition coefficient (Wildman–Crippen LogP) is 0.397. The number of nitrogens with one attached hydrogen (secondary N) is 1. The zero-order valence-corrected chi connectivity index (χ0v) is 6.45. The average Bonchev–Trinajstić information content (AvgIpc) is 2.47. The SMILES string of the molecule is O=C(O)c1cnc2n1CCCN2. The zero-order valence-electron chi connectivity index (χ0n) is 6.45. The van der Waals surface area contributed by atoms with E-state index in [0.29, 0.717) is 5.95 Å². The van der Waals surface area contributed by atoms with Crippen molar-refractivity contribution in [2.24, 2.45) is 0 Å². The second-order valence-electron chi connectivity index (χ2n) is 2.70. The summed E-state index contributed by atoms with van der Waals surface area (Å²) in [5, 5.41) is 11.8. The number of carboxylic acids is 1. The Labute approximate surface area is 69.0 Å². The maximum Gasteiger partial charge on any atom is 0.354 e. The van der Waals surface area contributed by atoms with Crippen LogP contribution in [-0.2, 0) is 6.54 Å². The van der Waals surface area contributed by atoms with Crippen LogP contribution in [0.15, 0.2) is 6.20 Å². The van der Waals surface area contributed by atoms with Gasteiger partial charge >= 0.3 is 5.97 Å². The van der Waals surface area contributed by atoms with E-state index in [-0.39, 0.29) is 5.69 Å². The quantitative estimate of drug-likeness (QED) is 0.635. The molecule has 1 aromatic rings. The third kappa shape index (κ3) is 0.939. The Hall–Kier alpha value is -1.52. The second kappa shape index (κ2) is 2.51. The Kier molecular flexibility index (Phi) is 1.49. The number of aromatic nitrogens is 2. The second-order valence-corrected chi connectivity index (χ2v) is 2.70. The number of anilines is 1. The summed E-state index contributed by atoms with van der Waals surface area (Å²) in [6.45, 7) is 1.61. The van der Waals surface area contributed by atoms with Gasteiger partial charge in [0, 0.05) is 13.1 Å². The normalized spacial score (nSPS) is 15.0. The van der Waals surface area contributed by atoms with Crippen molar-refractivity contribution in [3.05, 3.63) is 11.9 Å². The number of hydrogen-bond donors (Lipinski definition) is 2. The summed E-state index contributed by atoms with van der Waals surface area (Å²) >= 11 is 0. The monoisotopic (exact) mass is 167 g/mol. The molecule has 0 unspecified atom stereocenters. The van der Waals surface area contributed by atoms with E-state index < -0.39 is 5.97 Å². The van der Waals surface area contributed by atoms with Gasteiger partial charge in [0.15, 0.2) is 0 Å². The van der Waals surface area contributed by atoms with Crippen molar-refractivity contribution < 1.29 is 9.90 Å². The first-order chi connectivity index (χ1) is 5.79. The van der Waals surface area contributed by atoms with E-state index in [1.165, 1.54) is 6.20 Å². The van der Waals surface area contributed by atoms with Crippen molar-refractivity contribution in [1.29, 1.82) is 0 Å². The summed E-state index contributed by atoms with van der Waals surface area (Å²) in [6, 6.07) is 0. The molecule has 0 bridgehead atoms. The molecule has 1 aliphatic heterocycles. The predicted molar refractivity (Wildman–Crippen MR) is 42.3 cm³/mol. The Morgan fingerprint density at radius 2 is 2.58 bits per heavy atom. The molecule has 0 aromatic carbocycles. The average molecular weight is 167 g/mol. The Morgan fingerprint density at radius 1 is 1.75 bits per heavy atom. The highest BCUT2D eigenvalue weighted by Crippen LogP contribution is 2.15. The van der Waals surface area contributed by atoms with E-state index in [4.69, 9.17) is 5.11 Å². The van der Waals surface area contributed by atoms with Crippen LogP contribution in [0.3, 0.4) is 0 Å². The highest BCUT2D eigenvalue weighted by molar-refractivity contribution is 5.86. The Balaban J connectivity index is 2.44. The van der Waals surface area contributed by atoms with Crippen LogP contribution < -0.4 is 5.32 Å². The highest BCUT2D eigenvalue weighted by Gasteiger charge is 2.17. The smallest absolute Gasteiger partial charge is 0.354 e. The van der Waals surface area contributed by atoms with Crippen LogP contribution in [0.1, 0.15) is 16.9 Å². The molecule has 1 aromatic heterocycles. The van der Waals surface area contributed by atoms with E-state index in [1.54, 1.807) is 4.57 Å². The fraction of sp³-hybridized carbons (Fsp3) is 0.429. The first kappa shape index (κ1) is 7.15. The van der Waals surface area contributed by atoms with Gasteiger partial charge in [0.05, 0.1) is 6.20 Å². The maximum absolute atomic E-state index is 10.6. The largest absolute Gasteiger partial charge is 0.477 e. The summed E-state index contributed by atoms with van der Waals surface area (Å²) in [4.78, 5) is 14.6. The van der Waals surface area contributed by atoms with Crippen LogP contribution in [0.4, 0.5) is 5.95 Å². The topological polar surface area (TPSA) is 67.1 Å². The molecule has 0 radical (unpaired) electrons. The van der Waals surface area contributed by atoms with Crippen LogP contribution in [0, 0.1) is 0 Å². The number of nitrogens with zero attached hydrogens (tertiary/aromatic N) is 2. The first-order valence-corrected chi connectivity index (χ1v) is 3.82. The van der Waals surface area contributed by atoms with Gasteiger partial charge in [-0.1, -0.05) is 0 Å². The first-order valence-electron chi connectivity index (χ1n) is 3.82. The molecule has 12 heavy (non-hydrogen) atoms. The minimum absolute atomic E-state index is 0.261. The van der Waals surface area contributed by atoms with E-state index in [9.17, 15) is 4.79 Å². The summed E-state index contributed by atoms with van der Waals surface area (Å²) in [5.74, 6) is -0.254. The van der Waals surface area contributed by atoms with Gasteiger partial charge in [0.1, 0.15) is 5.69 Å². The Morgan fingerprint density at radius 3 is 3.33 bits per heavy atom. The van der Waals surface area contributed by atoms with Crippen molar-refractivity contribution in [2.45, 2.75) is 13.0 Å². The molecular formula is C7H9N3O2. The third-order valence-corrected chi connectivity index (χ3v) is 1.92. The van der Waals surface area contributed by atoms with Crippen LogP contribution in [0.5, 0.6) is 0 Å². The molecule has 2 N–H and O–H groups in total. The van der Waals surface area contributed by atoms with Crippen LogP contribution >= 0.6 is 0 Å². The molecule has 0 aliphatic carbocycles. The molecule has 5 nitrogen and oxygen atoms in total. The van der Waals surface area contributed by atoms with Crippen molar-refractivity contribution in [3.8, 4) is 0 Å². The van der Waals surface area contributed by atoms with Gasteiger partial charge in [-0.3, -0.25) is 0 Å². The van der Waals surface area contributed by atoms with E-state index in [2.05, 4.69) is 10.3 Å². The van der Waals surface area contributed by atoms with Gasteiger partial charge in [0.2, 0.25) is 5.95 Å². The molecule has 0 fully saturated rings. The molecule has 5 heteroatoms. The van der Waals surface area contributed by atoms with Crippen molar-refractivity contribution >= 4 is 11.9 Å². The lowest BCUT2D eigenvalue weighted by Gasteiger charge is -2.16. The van der Waals surface area contributed by atoms with Gasteiger partial charge < -0.3 is 15.0 Å². The van der Waals surface area contributed by atoms with Gasteiger partial charge in [-0.2, -0.15) is 0 Å². The van der Waals surface area contributed by atoms with Crippen LogP contribution in [0.2, 0.25) is 0 Å². The minimum atomic E-state index is -0.919. The van der Waals surface area contributed by atoms with E-state index in [0.717, 1.165) is 19.5 Å². The molecule has 0 spiro atoms. The van der Waals surface area contributed by atoms with Crippen LogP contribution in [0.25, 0.3) is 0 Å². The van der Waals surface area contributed by atoms with Crippen molar-refractivity contribution in [1.82, 2.24) is 9.55 Å². The number of rotatable bonds is 1. The molecule has 0 amide bonds. The van der Waals surface area contributed by atoms with Crippen molar-refractivity contribution in [2.75, 3.05) is 11.9 Å². The lowest BCUT2D eigenvalue weighted by molar-refractivity contribution is 0.0685. The number of fused-ring (bicyclic) bond motifs is 1. The van der Waals surface area contributed by atoms with Crippen LogP contribution in [-0.4, -0.2) is 27.2 Å². The van der Waals surface area contributed by atoms with E-state index >= 15 is 0 Å². The third-order valence-electron chi connectivity index (χ3n) is 1.92. The lowest BCUT2D eigenvalue weighted by Crippen LogP contribution is -2.20. The molecular weight excluding hydrogens is 158 g/mol. The summed E-state index contributed by atoms with van der Waals surface area (Å²) < 4.78 is 1.69. The molecule has 64 valence electrons. The summed E-state index contributed by atoms with van der Waals surface area (Å²) in [6.07, 6.45) is 2.33. The highest BCUT2D eigenvalue weighted by atomic mass is 16.4. The molecule has 2 heterocycles. The number of carboxylic acid groups (broad SMARTS) is 1. The molecule has 0 saturated carbocycles. The fourth-order valence-corrected chi connectivity index (χ4v) is 1.35. The summed E-state index contributed by atoms with van der Waals surface area (Å²) in [7, 11) is 0. The van der Waals surface area contributed by atoms with E-state index in [1.807, 2.05) is 0 Å². The number of aromatic carboxylic acids is 1. The number of carbonyl (C=O) groups is 1. The number of imidazole rings is 1. The maximum atomic E-state index is 10.6. The Bertz CT molecular complexity index is 318. The molecule has 0 atom stereocenters. The molecule has 0 saturated heterocycles.